The third-order valence-corrected chi connectivity index (χ3v) is 4.58. The van der Waals surface area contributed by atoms with Crippen molar-refractivity contribution in [2.75, 3.05) is 40.0 Å². The van der Waals surface area contributed by atoms with Gasteiger partial charge in [0.05, 0.1) is 13.7 Å². The molecule has 1 aliphatic rings. The van der Waals surface area contributed by atoms with Gasteiger partial charge in [0, 0.05) is 31.7 Å². The van der Waals surface area contributed by atoms with Gasteiger partial charge < -0.3 is 20.1 Å². The predicted molar refractivity (Wildman–Crippen MR) is 99.0 cm³/mol. The van der Waals surface area contributed by atoms with Crippen molar-refractivity contribution in [3.63, 3.8) is 0 Å². The average molecular weight is 333 g/mol. The Hall–Kier alpha value is -1.75. The van der Waals surface area contributed by atoms with Crippen molar-refractivity contribution in [3.05, 3.63) is 29.8 Å². The van der Waals surface area contributed by atoms with Crippen LogP contribution in [0.15, 0.2) is 29.3 Å². The lowest BCUT2D eigenvalue weighted by Gasteiger charge is -2.36. The Balaban J connectivity index is 2.19. The highest BCUT2D eigenvalue weighted by atomic mass is 16.5. The molecule has 0 aromatic heterocycles. The molecule has 0 radical (unpaired) electrons. The number of rotatable bonds is 7. The summed E-state index contributed by atoms with van der Waals surface area (Å²) in [6.45, 7) is 8.41. The van der Waals surface area contributed by atoms with E-state index in [1.54, 1.807) is 7.11 Å². The highest BCUT2D eigenvalue weighted by Gasteiger charge is 2.34. The minimum atomic E-state index is 0.0408. The Morgan fingerprint density at radius 3 is 2.46 bits per heavy atom. The number of aliphatic imine (C=N–C) groups is 1. The van der Waals surface area contributed by atoms with Crippen LogP contribution in [0.4, 0.5) is 0 Å². The van der Waals surface area contributed by atoms with Crippen molar-refractivity contribution in [3.8, 4) is 5.75 Å². The molecule has 5 heteroatoms. The smallest absolute Gasteiger partial charge is 0.191 e. The van der Waals surface area contributed by atoms with Crippen LogP contribution in [0.3, 0.4) is 0 Å². The first-order valence-corrected chi connectivity index (χ1v) is 8.98. The average Bonchev–Trinajstić information content (AvgIpc) is 2.65. The molecular weight excluding hydrogens is 302 g/mol. The molecule has 1 aromatic carbocycles. The van der Waals surface area contributed by atoms with E-state index in [0.29, 0.717) is 0 Å². The standard InChI is InChI=1S/C19H31N3O2/c1-4-12-21-18(20-5-2)22-15-19(10-13-24-14-11-19)16-6-8-17(23-3)9-7-16/h6-9H,4-5,10-15H2,1-3H3,(H2,20,21,22). The van der Waals surface area contributed by atoms with Crippen molar-refractivity contribution in [1.29, 1.82) is 0 Å². The molecule has 0 atom stereocenters. The molecule has 0 spiro atoms. The number of hydrogen-bond acceptors (Lipinski definition) is 3. The maximum absolute atomic E-state index is 5.61. The van der Waals surface area contributed by atoms with Crippen LogP contribution < -0.4 is 15.4 Å². The first-order valence-electron chi connectivity index (χ1n) is 8.98. The lowest BCUT2D eigenvalue weighted by atomic mass is 9.74. The van der Waals surface area contributed by atoms with E-state index >= 15 is 0 Å². The van der Waals surface area contributed by atoms with Crippen LogP contribution in [0, 0.1) is 0 Å². The Labute approximate surface area is 145 Å². The fourth-order valence-corrected chi connectivity index (χ4v) is 3.06. The summed E-state index contributed by atoms with van der Waals surface area (Å²) in [5, 5.41) is 6.72. The van der Waals surface area contributed by atoms with Crippen LogP contribution in [-0.4, -0.2) is 45.9 Å². The fraction of sp³-hybridized carbons (Fsp3) is 0.632. The Bertz CT molecular complexity index is 508. The van der Waals surface area contributed by atoms with Gasteiger partial charge in [-0.1, -0.05) is 19.1 Å². The van der Waals surface area contributed by atoms with Gasteiger partial charge in [-0.3, -0.25) is 4.99 Å². The molecule has 0 amide bonds. The second-order valence-electron chi connectivity index (χ2n) is 6.24. The van der Waals surface area contributed by atoms with Crippen molar-refractivity contribution in [2.45, 2.75) is 38.5 Å². The Morgan fingerprint density at radius 2 is 1.88 bits per heavy atom. The Morgan fingerprint density at radius 1 is 1.17 bits per heavy atom. The van der Waals surface area contributed by atoms with Gasteiger partial charge in [0.1, 0.15) is 5.75 Å². The highest BCUT2D eigenvalue weighted by Crippen LogP contribution is 2.36. The zero-order valence-corrected chi connectivity index (χ0v) is 15.2. The summed E-state index contributed by atoms with van der Waals surface area (Å²) in [7, 11) is 1.70. The Kier molecular flexibility index (Phi) is 7.37. The van der Waals surface area contributed by atoms with Gasteiger partial charge in [0.2, 0.25) is 0 Å². The third-order valence-electron chi connectivity index (χ3n) is 4.58. The number of benzene rings is 1. The van der Waals surface area contributed by atoms with Crippen LogP contribution in [0.5, 0.6) is 5.75 Å². The van der Waals surface area contributed by atoms with Crippen molar-refractivity contribution in [2.24, 2.45) is 4.99 Å². The van der Waals surface area contributed by atoms with Crippen LogP contribution in [-0.2, 0) is 10.2 Å². The SMILES string of the molecule is CCCNC(=NCC1(c2ccc(OC)cc2)CCOCC1)NCC. The molecule has 1 saturated heterocycles. The maximum atomic E-state index is 5.61. The van der Waals surface area contributed by atoms with Gasteiger partial charge in [-0.05, 0) is 43.9 Å². The molecule has 134 valence electrons. The van der Waals surface area contributed by atoms with Crippen LogP contribution >= 0.6 is 0 Å². The summed E-state index contributed by atoms with van der Waals surface area (Å²) in [5.74, 6) is 1.79. The van der Waals surface area contributed by atoms with Crippen LogP contribution in [0.25, 0.3) is 0 Å². The van der Waals surface area contributed by atoms with Gasteiger partial charge in [0.15, 0.2) is 5.96 Å². The van der Waals surface area contributed by atoms with E-state index in [-0.39, 0.29) is 5.41 Å². The molecule has 0 aliphatic carbocycles. The highest BCUT2D eigenvalue weighted by molar-refractivity contribution is 5.79. The number of nitrogens with zero attached hydrogens (tertiary/aromatic N) is 1. The summed E-state index contributed by atoms with van der Waals surface area (Å²) in [6.07, 6.45) is 3.08. The molecule has 0 bridgehead atoms. The second kappa shape index (κ2) is 9.52. The lowest BCUT2D eigenvalue weighted by Crippen LogP contribution is -2.41. The molecule has 1 heterocycles. The van der Waals surface area contributed by atoms with Gasteiger partial charge in [-0.25, -0.2) is 0 Å². The third kappa shape index (κ3) is 4.87. The van der Waals surface area contributed by atoms with E-state index < -0.39 is 0 Å². The minimum absolute atomic E-state index is 0.0408. The summed E-state index contributed by atoms with van der Waals surface area (Å²) in [5.41, 5.74) is 1.36. The van der Waals surface area contributed by atoms with E-state index in [9.17, 15) is 0 Å². The fourth-order valence-electron chi connectivity index (χ4n) is 3.06. The second-order valence-corrected chi connectivity index (χ2v) is 6.24. The van der Waals surface area contributed by atoms with E-state index in [0.717, 1.165) is 63.8 Å². The van der Waals surface area contributed by atoms with E-state index in [2.05, 4.69) is 36.6 Å². The van der Waals surface area contributed by atoms with Crippen molar-refractivity contribution >= 4 is 5.96 Å². The molecule has 0 unspecified atom stereocenters. The van der Waals surface area contributed by atoms with Crippen LogP contribution in [0.1, 0.15) is 38.7 Å². The van der Waals surface area contributed by atoms with Gasteiger partial charge in [0.25, 0.3) is 0 Å². The van der Waals surface area contributed by atoms with E-state index in [4.69, 9.17) is 14.5 Å². The van der Waals surface area contributed by atoms with Crippen molar-refractivity contribution in [1.82, 2.24) is 10.6 Å². The lowest BCUT2D eigenvalue weighted by molar-refractivity contribution is 0.0531. The summed E-state index contributed by atoms with van der Waals surface area (Å²) >= 11 is 0. The van der Waals surface area contributed by atoms with Gasteiger partial charge >= 0.3 is 0 Å². The molecule has 0 saturated carbocycles. The minimum Gasteiger partial charge on any atom is -0.497 e. The number of guanidine groups is 1. The summed E-state index contributed by atoms with van der Waals surface area (Å²) < 4.78 is 10.9. The molecule has 24 heavy (non-hydrogen) atoms. The molecule has 2 rings (SSSR count). The van der Waals surface area contributed by atoms with Gasteiger partial charge in [-0.15, -0.1) is 0 Å². The maximum Gasteiger partial charge on any atom is 0.191 e. The molecule has 1 aliphatic heterocycles. The van der Waals surface area contributed by atoms with Crippen LogP contribution in [0.2, 0.25) is 0 Å². The van der Waals surface area contributed by atoms with Gasteiger partial charge in [-0.2, -0.15) is 0 Å². The molecular formula is C19H31N3O2. The van der Waals surface area contributed by atoms with E-state index in [1.807, 2.05) is 12.1 Å². The molecule has 1 fully saturated rings. The first kappa shape index (κ1) is 18.6. The normalized spacial score (nSPS) is 17.4. The van der Waals surface area contributed by atoms with Crippen molar-refractivity contribution < 1.29 is 9.47 Å². The number of hydrogen-bond donors (Lipinski definition) is 2. The molecule has 1 aromatic rings. The number of methoxy groups -OCH3 is 1. The zero-order chi connectivity index (χ0) is 17.3. The predicted octanol–water partition coefficient (Wildman–Crippen LogP) is 2.71. The molecule has 2 N–H and O–H groups in total. The zero-order valence-electron chi connectivity index (χ0n) is 15.2. The largest absolute Gasteiger partial charge is 0.497 e. The monoisotopic (exact) mass is 333 g/mol. The quantitative estimate of drug-likeness (QED) is 0.595. The molecule has 5 nitrogen and oxygen atoms in total. The first-order chi connectivity index (χ1) is 11.7. The van der Waals surface area contributed by atoms with E-state index in [1.165, 1.54) is 5.56 Å². The number of ether oxygens (including phenoxy) is 2. The summed E-state index contributed by atoms with van der Waals surface area (Å²) in [4.78, 5) is 4.87. The number of nitrogens with one attached hydrogen (secondary N) is 2. The topological polar surface area (TPSA) is 54.9 Å². The summed E-state index contributed by atoms with van der Waals surface area (Å²) in [6, 6.07) is 8.42.